The van der Waals surface area contributed by atoms with Crippen molar-refractivity contribution in [2.45, 2.75) is 24.4 Å². The van der Waals surface area contributed by atoms with Crippen molar-refractivity contribution in [2.75, 3.05) is 0 Å². The van der Waals surface area contributed by atoms with E-state index in [1.54, 1.807) is 0 Å². The molecule has 0 saturated carbocycles. The summed E-state index contributed by atoms with van der Waals surface area (Å²) in [5.41, 5.74) is 0. The Morgan fingerprint density at radius 1 is 0.545 bits per heavy atom. The molecule has 0 radical (unpaired) electrons. The van der Waals surface area contributed by atoms with Crippen LogP contribution in [0.3, 0.4) is 0 Å². The van der Waals surface area contributed by atoms with Gasteiger partial charge < -0.3 is 66.2 Å². The maximum atomic E-state index is 9.63. The Kier molecular flexibility index (Phi) is 17.3. The van der Waals surface area contributed by atoms with E-state index in [4.69, 9.17) is 20.4 Å². The average molecular weight is 404 g/mol. The first-order valence-electron chi connectivity index (χ1n) is 4.49. The molecular weight excluding hydrogens is 393 g/mol. The van der Waals surface area contributed by atoms with E-state index in [-0.39, 0.29) is 32.4 Å². The van der Waals surface area contributed by atoms with Gasteiger partial charge in [-0.05, 0) is 0 Å². The SMILES string of the molecule is N.O=C([O-])C(O)C(O)C(=O)[O-].O=C([O-])C(O)C(O)C(=O)[O-].[Zr+4]. The number of aliphatic hydroxyl groups excluding tert-OH is 4. The smallest absolute Gasteiger partial charge is 0.547 e. The van der Waals surface area contributed by atoms with Gasteiger partial charge in [-0.2, -0.15) is 0 Å². The molecule has 0 aliphatic carbocycles. The summed E-state index contributed by atoms with van der Waals surface area (Å²) >= 11 is 0. The number of carbonyl (C=O) groups excluding carboxylic acids is 4. The summed E-state index contributed by atoms with van der Waals surface area (Å²) in [6.45, 7) is 0. The number of aliphatic hydroxyl groups is 4. The van der Waals surface area contributed by atoms with Crippen molar-refractivity contribution in [3.05, 3.63) is 0 Å². The van der Waals surface area contributed by atoms with E-state index in [0.717, 1.165) is 0 Å². The van der Waals surface area contributed by atoms with Gasteiger partial charge in [0.05, 0.1) is 23.9 Å². The standard InChI is InChI=1S/2C4H6O6.H3N.Zr/c2*5-1(3(7)8)2(6)4(9)10;;/h2*1-2,5-6H,(H,7,8)(H,9,10);1H3;/q;;;+4/p-4. The Balaban J connectivity index is -0.000000135. The number of hydrogen-bond acceptors (Lipinski definition) is 13. The van der Waals surface area contributed by atoms with Gasteiger partial charge in [-0.1, -0.05) is 0 Å². The molecule has 4 unspecified atom stereocenters. The first-order chi connectivity index (χ1) is 8.93. The van der Waals surface area contributed by atoms with Crippen LogP contribution in [0.2, 0.25) is 0 Å². The first-order valence-corrected chi connectivity index (χ1v) is 4.49. The van der Waals surface area contributed by atoms with Gasteiger partial charge in [0, 0.05) is 0 Å². The number of aliphatic carboxylic acids is 4. The molecule has 0 rings (SSSR count). The fourth-order valence-electron chi connectivity index (χ4n) is 0.516. The monoisotopic (exact) mass is 403 g/mol. The zero-order valence-corrected chi connectivity index (χ0v) is 13.0. The van der Waals surface area contributed by atoms with Crippen molar-refractivity contribution in [3.63, 3.8) is 0 Å². The molecule has 0 fully saturated rings. The van der Waals surface area contributed by atoms with Gasteiger partial charge in [0.2, 0.25) is 0 Å². The number of carbonyl (C=O) groups is 4. The van der Waals surface area contributed by atoms with Gasteiger partial charge in [0.25, 0.3) is 0 Å². The minimum absolute atomic E-state index is 0. The van der Waals surface area contributed by atoms with Gasteiger partial charge >= 0.3 is 26.2 Å². The van der Waals surface area contributed by atoms with Crippen molar-refractivity contribution in [1.82, 2.24) is 6.15 Å². The van der Waals surface area contributed by atoms with E-state index < -0.39 is 48.3 Å². The molecule has 0 aliphatic heterocycles. The Morgan fingerprint density at radius 3 is 0.682 bits per heavy atom. The van der Waals surface area contributed by atoms with E-state index in [9.17, 15) is 39.6 Å². The third-order valence-electron chi connectivity index (χ3n) is 1.56. The Morgan fingerprint density at radius 2 is 0.636 bits per heavy atom. The summed E-state index contributed by atoms with van der Waals surface area (Å²) in [6.07, 6.45) is -9.76. The van der Waals surface area contributed by atoms with E-state index in [0.29, 0.717) is 0 Å². The van der Waals surface area contributed by atoms with E-state index >= 15 is 0 Å². The molecule has 0 aromatic carbocycles. The van der Waals surface area contributed by atoms with E-state index in [1.807, 2.05) is 0 Å². The molecule has 22 heavy (non-hydrogen) atoms. The van der Waals surface area contributed by atoms with Crippen LogP contribution in [-0.2, 0) is 45.4 Å². The Labute approximate surface area is 141 Å². The number of hydrogen-bond donors (Lipinski definition) is 5. The van der Waals surface area contributed by atoms with Gasteiger partial charge in [0.15, 0.2) is 0 Å². The fourth-order valence-corrected chi connectivity index (χ4v) is 0.516. The molecule has 14 heteroatoms. The van der Waals surface area contributed by atoms with Crippen LogP contribution in [0.5, 0.6) is 0 Å². The normalized spacial score (nSPS) is 14.4. The van der Waals surface area contributed by atoms with Crippen LogP contribution < -0.4 is 26.6 Å². The second kappa shape index (κ2) is 13.2. The van der Waals surface area contributed by atoms with Crippen LogP contribution in [-0.4, -0.2) is 68.7 Å². The molecule has 0 bridgehead atoms. The molecule has 0 heterocycles. The molecule has 0 amide bonds. The Bertz CT molecular complexity index is 315. The maximum absolute atomic E-state index is 9.63. The second-order valence-electron chi connectivity index (χ2n) is 3.06. The van der Waals surface area contributed by atoms with E-state index in [2.05, 4.69) is 0 Å². The molecule has 0 aromatic rings. The van der Waals surface area contributed by atoms with Crippen LogP contribution in [0.15, 0.2) is 0 Å². The van der Waals surface area contributed by atoms with Crippen LogP contribution in [0.1, 0.15) is 0 Å². The zero-order chi connectivity index (χ0) is 16.6. The summed E-state index contributed by atoms with van der Waals surface area (Å²) < 4.78 is 0. The predicted octanol–water partition coefficient (Wildman–Crippen LogP) is -9.42. The fraction of sp³-hybridized carbons (Fsp3) is 0.500. The number of carboxylic acids is 4. The Hall–Kier alpha value is -1.44. The number of rotatable bonds is 6. The largest absolute Gasteiger partial charge is 4.00 e. The third kappa shape index (κ3) is 11.2. The summed E-state index contributed by atoms with van der Waals surface area (Å²) in [5, 5.41) is 71.5. The summed E-state index contributed by atoms with van der Waals surface area (Å²) in [5.74, 6) is -8.23. The van der Waals surface area contributed by atoms with Crippen molar-refractivity contribution >= 4 is 23.9 Å². The second-order valence-corrected chi connectivity index (χ2v) is 3.06. The maximum Gasteiger partial charge on any atom is 4.00 e. The van der Waals surface area contributed by atoms with Crippen molar-refractivity contribution in [3.8, 4) is 0 Å². The first kappa shape index (κ1) is 28.7. The minimum Gasteiger partial charge on any atom is -0.547 e. The van der Waals surface area contributed by atoms with Gasteiger partial charge in [0.1, 0.15) is 24.4 Å². The number of carboxylic acid groups (broad SMARTS) is 4. The molecule has 13 nitrogen and oxygen atoms in total. The molecule has 0 saturated heterocycles. The molecule has 7 N–H and O–H groups in total. The van der Waals surface area contributed by atoms with Crippen molar-refractivity contribution in [2.24, 2.45) is 0 Å². The van der Waals surface area contributed by atoms with Crippen molar-refractivity contribution in [1.29, 1.82) is 0 Å². The average Bonchev–Trinajstić information content (AvgIpc) is 2.35. The molecule has 124 valence electrons. The predicted molar refractivity (Wildman–Crippen MR) is 49.1 cm³/mol. The molecule has 0 spiro atoms. The third-order valence-corrected chi connectivity index (χ3v) is 1.56. The molecule has 0 aliphatic rings. The molecule has 4 atom stereocenters. The van der Waals surface area contributed by atoms with E-state index in [1.165, 1.54) is 0 Å². The summed E-state index contributed by atoms with van der Waals surface area (Å²) in [4.78, 5) is 38.5. The van der Waals surface area contributed by atoms with Crippen LogP contribution in [0.25, 0.3) is 0 Å². The van der Waals surface area contributed by atoms with Gasteiger partial charge in [-0.3, -0.25) is 0 Å². The topological polar surface area (TPSA) is 276 Å². The summed E-state index contributed by atoms with van der Waals surface area (Å²) in [7, 11) is 0. The van der Waals surface area contributed by atoms with Gasteiger partial charge in [-0.25, -0.2) is 0 Å². The molecular formula is C8H11NO12Zr. The zero-order valence-electron chi connectivity index (χ0n) is 10.6. The summed E-state index contributed by atoms with van der Waals surface area (Å²) in [6, 6.07) is 0. The van der Waals surface area contributed by atoms with Crippen molar-refractivity contribution < 1.29 is 86.2 Å². The molecule has 0 aromatic heterocycles. The van der Waals surface area contributed by atoms with Crippen LogP contribution >= 0.6 is 0 Å². The quantitative estimate of drug-likeness (QED) is 0.275. The van der Waals surface area contributed by atoms with Crippen LogP contribution in [0, 0.1) is 0 Å². The minimum atomic E-state index is -2.44. The van der Waals surface area contributed by atoms with Gasteiger partial charge in [-0.15, -0.1) is 0 Å². The van der Waals surface area contributed by atoms with Crippen LogP contribution in [0.4, 0.5) is 0 Å².